The van der Waals surface area contributed by atoms with Gasteiger partial charge < -0.3 is 23.7 Å². The highest BCUT2D eigenvalue weighted by Crippen LogP contribution is 2.25. The number of hydrogen-bond acceptors (Lipinski definition) is 7. The van der Waals surface area contributed by atoms with Crippen LogP contribution in [0.4, 0.5) is 0 Å². The Morgan fingerprint density at radius 1 is 0.793 bits per heavy atom. The van der Waals surface area contributed by atoms with Crippen molar-refractivity contribution in [3.8, 4) is 16.9 Å². The van der Waals surface area contributed by atoms with Crippen LogP contribution in [0, 0.1) is 0 Å². The zero-order valence-corrected chi connectivity index (χ0v) is 16.6. The van der Waals surface area contributed by atoms with Crippen molar-refractivity contribution in [3.05, 3.63) is 54.1 Å². The minimum Gasteiger partial charge on any atom is -0.491 e. The van der Waals surface area contributed by atoms with E-state index in [-0.39, 0.29) is 0 Å². The summed E-state index contributed by atoms with van der Waals surface area (Å²) < 4.78 is 25.8. The molecule has 0 N–H and O–H groups in total. The van der Waals surface area contributed by atoms with Crippen LogP contribution in [0.1, 0.15) is 19.4 Å². The summed E-state index contributed by atoms with van der Waals surface area (Å²) >= 11 is 0. The Balaban J connectivity index is 1.89. The summed E-state index contributed by atoms with van der Waals surface area (Å²) in [6.07, 6.45) is -0.446. The molecule has 2 aromatic carbocycles. The Hall–Kier alpha value is -2.90. The molecule has 0 aromatic heterocycles. The van der Waals surface area contributed by atoms with E-state index in [1.165, 1.54) is 0 Å². The topological polar surface area (TPSA) is 80.3 Å². The number of benzene rings is 2. The predicted molar refractivity (Wildman–Crippen MR) is 106 cm³/mol. The van der Waals surface area contributed by atoms with Crippen molar-refractivity contribution >= 4 is 12.9 Å². The van der Waals surface area contributed by atoms with E-state index in [1.807, 2.05) is 42.5 Å². The van der Waals surface area contributed by atoms with Crippen LogP contribution in [0.15, 0.2) is 48.5 Å². The zero-order valence-electron chi connectivity index (χ0n) is 16.6. The van der Waals surface area contributed by atoms with E-state index in [9.17, 15) is 9.59 Å². The van der Waals surface area contributed by atoms with Gasteiger partial charge in [-0.1, -0.05) is 36.4 Å². The molecule has 7 nitrogen and oxygen atoms in total. The van der Waals surface area contributed by atoms with Gasteiger partial charge in [0.05, 0.1) is 13.2 Å². The smallest absolute Gasteiger partial charge is 0.295 e. The molecule has 0 saturated carbocycles. The van der Waals surface area contributed by atoms with E-state index in [0.29, 0.717) is 39.2 Å². The van der Waals surface area contributed by atoms with Gasteiger partial charge in [0.2, 0.25) is 0 Å². The van der Waals surface area contributed by atoms with Crippen LogP contribution < -0.4 is 4.74 Å². The molecule has 0 bridgehead atoms. The van der Waals surface area contributed by atoms with Gasteiger partial charge in [-0.2, -0.15) is 0 Å². The number of rotatable bonds is 14. The Morgan fingerprint density at radius 3 is 2.10 bits per heavy atom. The Morgan fingerprint density at radius 2 is 1.41 bits per heavy atom. The van der Waals surface area contributed by atoms with Crippen molar-refractivity contribution in [2.45, 2.75) is 32.8 Å². The molecule has 0 aliphatic rings. The molecule has 7 heteroatoms. The summed E-state index contributed by atoms with van der Waals surface area (Å²) in [4.78, 5) is 20.5. The van der Waals surface area contributed by atoms with Crippen LogP contribution in [-0.2, 0) is 35.0 Å². The molecule has 0 radical (unpaired) electrons. The maximum atomic E-state index is 10.3. The lowest BCUT2D eigenvalue weighted by atomic mass is 10.0. The lowest BCUT2D eigenvalue weighted by Gasteiger charge is -2.13. The molecule has 2 unspecified atom stereocenters. The van der Waals surface area contributed by atoms with Crippen molar-refractivity contribution < 1.29 is 33.3 Å². The summed E-state index contributed by atoms with van der Waals surface area (Å²) in [5.41, 5.74) is 3.21. The highest BCUT2D eigenvalue weighted by molar-refractivity contribution is 5.65. The zero-order chi connectivity index (χ0) is 20.9. The second-order valence-corrected chi connectivity index (χ2v) is 6.17. The third-order valence-electron chi connectivity index (χ3n) is 4.04. The molecular weight excluding hydrogens is 376 g/mol. The van der Waals surface area contributed by atoms with E-state index < -0.39 is 12.6 Å². The lowest BCUT2D eigenvalue weighted by molar-refractivity contribution is -0.161. The van der Waals surface area contributed by atoms with Crippen molar-refractivity contribution in [1.82, 2.24) is 0 Å². The largest absolute Gasteiger partial charge is 0.491 e. The Bertz CT molecular complexity index is 762. The van der Waals surface area contributed by atoms with Crippen molar-refractivity contribution in [2.24, 2.45) is 0 Å². The second kappa shape index (κ2) is 12.5. The molecule has 29 heavy (non-hydrogen) atoms. The summed E-state index contributed by atoms with van der Waals surface area (Å²) in [5.74, 6) is 0.726. The SMILES string of the molecule is CC(OC=O)OCCOc1cccc(-c2cccc(CCOC(C)OC=O)c2)c1. The summed E-state index contributed by atoms with van der Waals surface area (Å²) in [5, 5.41) is 0. The predicted octanol–water partition coefficient (Wildman–Crippen LogP) is 3.35. The van der Waals surface area contributed by atoms with Gasteiger partial charge >= 0.3 is 0 Å². The minimum atomic E-state index is -0.595. The summed E-state index contributed by atoms with van der Waals surface area (Å²) in [6, 6.07) is 15.9. The van der Waals surface area contributed by atoms with Gasteiger partial charge in [-0.25, -0.2) is 0 Å². The maximum Gasteiger partial charge on any atom is 0.295 e. The molecule has 2 aromatic rings. The molecule has 0 heterocycles. The first kappa shape index (κ1) is 22.4. The number of ether oxygens (including phenoxy) is 5. The third kappa shape index (κ3) is 8.33. The second-order valence-electron chi connectivity index (χ2n) is 6.17. The fourth-order valence-corrected chi connectivity index (χ4v) is 2.62. The van der Waals surface area contributed by atoms with Crippen LogP contribution >= 0.6 is 0 Å². The van der Waals surface area contributed by atoms with Gasteiger partial charge in [-0.15, -0.1) is 0 Å². The average Bonchev–Trinajstić information content (AvgIpc) is 2.72. The van der Waals surface area contributed by atoms with E-state index >= 15 is 0 Å². The first-order valence-corrected chi connectivity index (χ1v) is 9.36. The summed E-state index contributed by atoms with van der Waals surface area (Å²) in [6.45, 7) is 5.16. The van der Waals surface area contributed by atoms with Gasteiger partial charge in [-0.05, 0) is 49.1 Å². The van der Waals surface area contributed by atoms with E-state index in [2.05, 4.69) is 10.8 Å². The van der Waals surface area contributed by atoms with Gasteiger partial charge in [0.15, 0.2) is 12.6 Å². The Kier molecular flexibility index (Phi) is 9.68. The maximum absolute atomic E-state index is 10.3. The van der Waals surface area contributed by atoms with Crippen molar-refractivity contribution in [2.75, 3.05) is 19.8 Å². The lowest BCUT2D eigenvalue weighted by Crippen LogP contribution is -2.16. The first-order valence-electron chi connectivity index (χ1n) is 9.36. The average molecular weight is 402 g/mol. The molecule has 2 rings (SSSR count). The fraction of sp³-hybridized carbons (Fsp3) is 0.364. The summed E-state index contributed by atoms with van der Waals surface area (Å²) in [7, 11) is 0. The molecule has 156 valence electrons. The monoisotopic (exact) mass is 402 g/mol. The third-order valence-corrected chi connectivity index (χ3v) is 4.04. The molecule has 0 aliphatic carbocycles. The molecule has 0 aliphatic heterocycles. The Labute approximate surface area is 170 Å². The number of carbonyl (C=O) groups is 2. The number of carbonyl (C=O) groups excluding carboxylic acids is 2. The fourth-order valence-electron chi connectivity index (χ4n) is 2.62. The van der Waals surface area contributed by atoms with Crippen molar-refractivity contribution in [1.29, 1.82) is 0 Å². The highest BCUT2D eigenvalue weighted by Gasteiger charge is 2.05. The van der Waals surface area contributed by atoms with E-state index in [1.54, 1.807) is 13.8 Å². The van der Waals surface area contributed by atoms with E-state index in [0.717, 1.165) is 22.4 Å². The quantitative estimate of drug-likeness (QED) is 0.272. The van der Waals surface area contributed by atoms with Gasteiger partial charge in [0, 0.05) is 0 Å². The van der Waals surface area contributed by atoms with Crippen LogP contribution in [0.25, 0.3) is 11.1 Å². The first-order chi connectivity index (χ1) is 14.1. The highest BCUT2D eigenvalue weighted by atomic mass is 16.7. The number of hydrogen-bond donors (Lipinski definition) is 0. The van der Waals surface area contributed by atoms with Gasteiger partial charge in [0.25, 0.3) is 12.9 Å². The molecule has 0 amide bonds. The molecule has 2 atom stereocenters. The van der Waals surface area contributed by atoms with E-state index in [4.69, 9.17) is 18.9 Å². The molecular formula is C22H26O7. The van der Waals surface area contributed by atoms with Crippen LogP contribution in [0.2, 0.25) is 0 Å². The van der Waals surface area contributed by atoms with Gasteiger partial charge in [-0.3, -0.25) is 9.59 Å². The molecule has 0 spiro atoms. The molecule has 0 fully saturated rings. The van der Waals surface area contributed by atoms with Crippen LogP contribution in [-0.4, -0.2) is 45.3 Å². The standard InChI is InChI=1S/C22H26O7/c1-17(28-15-23)25-10-9-19-5-3-6-20(13-19)21-7-4-8-22(14-21)27-12-11-26-18(2)29-16-24/h3-8,13-18H,9-12H2,1-2H3. The van der Waals surface area contributed by atoms with Crippen molar-refractivity contribution in [3.63, 3.8) is 0 Å². The van der Waals surface area contributed by atoms with Crippen LogP contribution in [0.3, 0.4) is 0 Å². The minimum absolute atomic E-state index is 0.307. The van der Waals surface area contributed by atoms with Crippen LogP contribution in [0.5, 0.6) is 5.75 Å². The van der Waals surface area contributed by atoms with Gasteiger partial charge in [0.1, 0.15) is 12.4 Å². The molecule has 0 saturated heterocycles. The normalized spacial score (nSPS) is 12.6.